The number of nitrogens with one attached hydrogen (secondary N) is 1. The fourth-order valence-electron chi connectivity index (χ4n) is 2.95. The Labute approximate surface area is 182 Å². The van der Waals surface area contributed by atoms with Crippen LogP contribution in [0.25, 0.3) is 10.9 Å². The topological polar surface area (TPSA) is 28.2 Å². The van der Waals surface area contributed by atoms with Crippen molar-refractivity contribution in [1.82, 2.24) is 9.88 Å². The van der Waals surface area contributed by atoms with Gasteiger partial charge in [0.25, 0.3) is 0 Å². The molecule has 3 aromatic carbocycles. The number of hydrogen-bond donors (Lipinski definition) is 1. The van der Waals surface area contributed by atoms with E-state index in [0.29, 0.717) is 5.02 Å². The molecule has 0 atom stereocenters. The Morgan fingerprint density at radius 2 is 1.79 bits per heavy atom. The standard InChI is InChI=1S/C18H19ClN3.C5H5.Fe/c1-22(2)12-14-5-3-4-13(14)11-21-17-8-9-20-18-10-15(19)6-7-16(17)18;1-2-4-5-3-1;/h3-10H,11-12H2,1-2H3,(H,20,21);1-5H;/q-1;-5;. The minimum Gasteiger partial charge on any atom is -0.748 e. The van der Waals surface area contributed by atoms with E-state index in [4.69, 9.17) is 11.6 Å². The summed E-state index contributed by atoms with van der Waals surface area (Å²) < 4.78 is 0. The van der Waals surface area contributed by atoms with Gasteiger partial charge in [0.1, 0.15) is 0 Å². The summed E-state index contributed by atoms with van der Waals surface area (Å²) in [5, 5.41) is 5.32. The summed E-state index contributed by atoms with van der Waals surface area (Å²) in [4.78, 5) is 6.56. The number of aromatic nitrogens is 1. The summed E-state index contributed by atoms with van der Waals surface area (Å²) >= 11 is 6.03. The molecule has 0 radical (unpaired) electrons. The molecule has 1 aromatic heterocycles. The van der Waals surface area contributed by atoms with Crippen LogP contribution in [0.5, 0.6) is 0 Å². The zero-order valence-electron chi connectivity index (χ0n) is 16.0. The van der Waals surface area contributed by atoms with Crippen LogP contribution in [0.4, 0.5) is 5.69 Å². The van der Waals surface area contributed by atoms with Crippen molar-refractivity contribution >= 4 is 28.2 Å². The zero-order chi connectivity index (χ0) is 19.1. The molecule has 28 heavy (non-hydrogen) atoms. The predicted octanol–water partition coefficient (Wildman–Crippen LogP) is 5.68. The fourth-order valence-corrected chi connectivity index (χ4v) is 3.11. The van der Waals surface area contributed by atoms with Gasteiger partial charge in [0.2, 0.25) is 0 Å². The van der Waals surface area contributed by atoms with Gasteiger partial charge >= 0.3 is 0 Å². The summed E-state index contributed by atoms with van der Waals surface area (Å²) in [7, 11) is 4.18. The summed E-state index contributed by atoms with van der Waals surface area (Å²) in [6, 6.07) is 24.3. The molecule has 0 bridgehead atoms. The second kappa shape index (κ2) is 11.0. The van der Waals surface area contributed by atoms with Crippen LogP contribution >= 0.6 is 11.6 Å². The van der Waals surface area contributed by atoms with E-state index in [0.717, 1.165) is 29.7 Å². The maximum atomic E-state index is 6.03. The summed E-state index contributed by atoms with van der Waals surface area (Å²) in [6.07, 6.45) is 1.81. The van der Waals surface area contributed by atoms with Crippen LogP contribution in [0.2, 0.25) is 5.02 Å². The largest absolute Gasteiger partial charge is 0.748 e. The molecule has 0 aliphatic heterocycles. The average Bonchev–Trinajstić information content (AvgIpc) is 3.34. The molecule has 1 N–H and O–H groups in total. The Balaban J connectivity index is 0.000000408. The van der Waals surface area contributed by atoms with Crippen molar-refractivity contribution < 1.29 is 17.1 Å². The minimum atomic E-state index is 0. The van der Waals surface area contributed by atoms with E-state index in [9.17, 15) is 0 Å². The number of fused-ring (bicyclic) bond motifs is 1. The SMILES string of the molecule is CN(C)Cc1ccc[c-]1CNc1ccnc2cc(Cl)ccc12.[Fe].[cH-]1[cH-][cH-][cH-][cH-]1. The van der Waals surface area contributed by atoms with Crippen molar-refractivity contribution in [3.63, 3.8) is 0 Å². The van der Waals surface area contributed by atoms with E-state index in [1.54, 1.807) is 0 Å². The summed E-state index contributed by atoms with van der Waals surface area (Å²) in [6.45, 7) is 1.76. The van der Waals surface area contributed by atoms with Crippen molar-refractivity contribution in [1.29, 1.82) is 0 Å². The predicted molar refractivity (Wildman–Crippen MR) is 116 cm³/mol. The fraction of sp³-hybridized carbons (Fsp3) is 0.174. The van der Waals surface area contributed by atoms with Gasteiger partial charge < -0.3 is 40.5 Å². The second-order valence-electron chi connectivity index (χ2n) is 6.65. The third-order valence-electron chi connectivity index (χ3n) is 4.22. The maximum absolute atomic E-state index is 6.03. The molecular weight excluding hydrogens is 410 g/mol. The Bertz CT molecular complexity index is 944. The van der Waals surface area contributed by atoms with E-state index in [2.05, 4.69) is 47.5 Å². The monoisotopic (exact) mass is 433 g/mol. The van der Waals surface area contributed by atoms with E-state index < -0.39 is 0 Å². The third kappa shape index (κ3) is 6.22. The molecule has 0 amide bonds. The molecule has 0 saturated heterocycles. The van der Waals surface area contributed by atoms with Gasteiger partial charge in [-0.15, -0.1) is 11.1 Å². The minimum absolute atomic E-state index is 0. The molecule has 1 heterocycles. The molecule has 4 rings (SSSR count). The van der Waals surface area contributed by atoms with Crippen molar-refractivity contribution in [2.75, 3.05) is 19.4 Å². The van der Waals surface area contributed by atoms with Gasteiger partial charge in [-0.2, -0.15) is 6.07 Å². The molecular formula is C23H24ClFeN3-6. The Kier molecular flexibility index (Phi) is 8.75. The van der Waals surface area contributed by atoms with Crippen LogP contribution in [-0.4, -0.2) is 24.0 Å². The Morgan fingerprint density at radius 1 is 1.07 bits per heavy atom. The zero-order valence-corrected chi connectivity index (χ0v) is 17.9. The van der Waals surface area contributed by atoms with E-state index in [1.165, 1.54) is 11.1 Å². The van der Waals surface area contributed by atoms with Crippen molar-refractivity contribution in [2.24, 2.45) is 0 Å². The molecule has 0 saturated carbocycles. The molecule has 0 aliphatic carbocycles. The van der Waals surface area contributed by atoms with Crippen LogP contribution in [-0.2, 0) is 30.2 Å². The Morgan fingerprint density at radius 3 is 2.46 bits per heavy atom. The first-order valence-corrected chi connectivity index (χ1v) is 9.34. The van der Waals surface area contributed by atoms with Crippen molar-refractivity contribution in [3.05, 3.63) is 95.1 Å². The second-order valence-corrected chi connectivity index (χ2v) is 7.09. The smallest absolute Gasteiger partial charge is 0.0737 e. The van der Waals surface area contributed by atoms with Gasteiger partial charge in [0.15, 0.2) is 0 Å². The number of hydrogen-bond acceptors (Lipinski definition) is 3. The first kappa shape index (κ1) is 22.2. The maximum Gasteiger partial charge on any atom is 0.0737 e. The number of benzene rings is 1. The first-order valence-electron chi connectivity index (χ1n) is 8.96. The van der Waals surface area contributed by atoms with Gasteiger partial charge in [0, 0.05) is 39.4 Å². The van der Waals surface area contributed by atoms with E-state index >= 15 is 0 Å². The van der Waals surface area contributed by atoms with Crippen molar-refractivity contribution in [2.45, 2.75) is 13.1 Å². The normalized spacial score (nSPS) is 10.3. The molecule has 0 unspecified atom stereocenters. The van der Waals surface area contributed by atoms with Gasteiger partial charge in [-0.05, 0) is 51.5 Å². The molecule has 5 heteroatoms. The molecule has 0 fully saturated rings. The van der Waals surface area contributed by atoms with Crippen LogP contribution in [0.1, 0.15) is 11.1 Å². The molecule has 3 nitrogen and oxygen atoms in total. The number of pyridine rings is 1. The van der Waals surface area contributed by atoms with Gasteiger partial charge in [0.05, 0.1) is 5.52 Å². The van der Waals surface area contributed by atoms with E-state index in [1.807, 2.05) is 60.8 Å². The quantitative estimate of drug-likeness (QED) is 0.324. The molecule has 4 aromatic rings. The number of halogens is 1. The van der Waals surface area contributed by atoms with Crippen molar-refractivity contribution in [3.8, 4) is 0 Å². The molecule has 0 spiro atoms. The van der Waals surface area contributed by atoms with Crippen LogP contribution in [0.3, 0.4) is 0 Å². The number of rotatable bonds is 5. The van der Waals surface area contributed by atoms with Crippen LogP contribution < -0.4 is 5.32 Å². The van der Waals surface area contributed by atoms with Gasteiger partial charge in [-0.1, -0.05) is 11.6 Å². The Hall–Kier alpha value is -2.10. The number of anilines is 1. The summed E-state index contributed by atoms with van der Waals surface area (Å²) in [5.74, 6) is 0. The van der Waals surface area contributed by atoms with Crippen LogP contribution in [0, 0.1) is 0 Å². The molecule has 152 valence electrons. The first-order chi connectivity index (χ1) is 13.1. The van der Waals surface area contributed by atoms with Gasteiger partial charge in [-0.25, -0.2) is 12.1 Å². The van der Waals surface area contributed by atoms with E-state index in [-0.39, 0.29) is 17.1 Å². The summed E-state index contributed by atoms with van der Waals surface area (Å²) in [5.41, 5.74) is 4.68. The molecule has 0 aliphatic rings. The average molecular weight is 434 g/mol. The third-order valence-corrected chi connectivity index (χ3v) is 4.46. The number of nitrogens with zero attached hydrogens (tertiary/aromatic N) is 2. The van der Waals surface area contributed by atoms with Gasteiger partial charge in [-0.3, -0.25) is 4.98 Å². The van der Waals surface area contributed by atoms with Crippen LogP contribution in [0.15, 0.2) is 79.0 Å².